The number of carbonyl (C=O) groups excluding carboxylic acids is 2. The van der Waals surface area contributed by atoms with Gasteiger partial charge in [0.25, 0.3) is 0 Å². The quantitative estimate of drug-likeness (QED) is 0.0723. The average molecular weight is 556 g/mol. The van der Waals surface area contributed by atoms with Crippen molar-refractivity contribution in [1.29, 1.82) is 0 Å². The Bertz CT molecular complexity index is 868. The number of amides is 1. The second-order valence-corrected chi connectivity index (χ2v) is 8.56. The fourth-order valence-electron chi connectivity index (χ4n) is 3.66. The van der Waals surface area contributed by atoms with Crippen molar-refractivity contribution in [2.45, 2.75) is 39.0 Å². The molecule has 0 atom stereocenters. The van der Waals surface area contributed by atoms with E-state index in [2.05, 4.69) is 11.7 Å². The molecule has 0 radical (unpaired) electrons. The number of piperidine rings is 1. The molecule has 13 heteroatoms. The monoisotopic (exact) mass is 555 g/mol. The molecule has 38 heavy (non-hydrogen) atoms. The smallest absolute Gasteiger partial charge is 0.313 e. The third-order valence-corrected chi connectivity index (χ3v) is 5.96. The van der Waals surface area contributed by atoms with Gasteiger partial charge in [0.15, 0.2) is 0 Å². The van der Waals surface area contributed by atoms with E-state index in [-0.39, 0.29) is 32.3 Å². The zero-order valence-corrected chi connectivity index (χ0v) is 21.4. The normalized spacial score (nSPS) is 14.2. The minimum atomic E-state index is -2.34. The summed E-state index contributed by atoms with van der Waals surface area (Å²) in [5, 5.41) is 0. The number of nitrogens with zero attached hydrogens (tertiary/aromatic N) is 1. The Labute approximate surface area is 218 Å². The largest absolute Gasteiger partial charge is 0.420 e. The lowest BCUT2D eigenvalue weighted by atomic mass is 9.94. The molecule has 0 N–H and O–H groups in total. The van der Waals surface area contributed by atoms with Crippen LogP contribution in [0.4, 0.5) is 22.0 Å². The molecule has 1 saturated heterocycles. The summed E-state index contributed by atoms with van der Waals surface area (Å²) in [6, 6.07) is 0. The van der Waals surface area contributed by atoms with Crippen molar-refractivity contribution in [3.8, 4) is 5.75 Å². The van der Waals surface area contributed by atoms with Gasteiger partial charge in [-0.3, -0.25) is 9.59 Å². The highest BCUT2D eigenvalue weighted by Crippen LogP contribution is 2.29. The van der Waals surface area contributed by atoms with Gasteiger partial charge in [0, 0.05) is 13.1 Å². The van der Waals surface area contributed by atoms with E-state index in [1.54, 1.807) is 0 Å². The molecule has 0 aliphatic carbocycles. The molecule has 0 unspecified atom stereocenters. The van der Waals surface area contributed by atoms with Crippen LogP contribution in [-0.2, 0) is 28.5 Å². The Kier molecular flexibility index (Phi) is 14.5. The highest BCUT2D eigenvalue weighted by Gasteiger charge is 2.28. The molecule has 0 aromatic heterocycles. The maximum atomic E-state index is 13.5. The zero-order valence-electron chi connectivity index (χ0n) is 21.4. The molecule has 0 spiro atoms. The first-order valence-corrected chi connectivity index (χ1v) is 12.6. The zero-order chi connectivity index (χ0) is 27.9. The van der Waals surface area contributed by atoms with E-state index >= 15 is 0 Å². The number of hydrogen-bond donors (Lipinski definition) is 0. The van der Waals surface area contributed by atoms with Crippen LogP contribution in [0.1, 0.15) is 39.0 Å². The summed E-state index contributed by atoms with van der Waals surface area (Å²) in [5.74, 6) is -13.3. The van der Waals surface area contributed by atoms with Gasteiger partial charge in [0.05, 0.1) is 65.7 Å². The number of rotatable bonds is 17. The molecule has 0 bridgehead atoms. The summed E-state index contributed by atoms with van der Waals surface area (Å²) in [5.41, 5.74) is 0. The van der Waals surface area contributed by atoms with Crippen molar-refractivity contribution in [3.05, 3.63) is 29.1 Å². The Morgan fingerprint density at radius 1 is 0.684 bits per heavy atom. The van der Waals surface area contributed by atoms with Gasteiger partial charge < -0.3 is 28.6 Å². The van der Waals surface area contributed by atoms with Gasteiger partial charge in [0.1, 0.15) is 0 Å². The number of hydrogen-bond acceptors (Lipinski definition) is 7. The predicted molar refractivity (Wildman–Crippen MR) is 124 cm³/mol. The minimum absolute atomic E-state index is 0.0864. The molecular weight excluding hydrogens is 521 g/mol. The average Bonchev–Trinajstić information content (AvgIpc) is 2.93. The number of carbonyl (C=O) groups is 2. The molecule has 1 aromatic carbocycles. The second kappa shape index (κ2) is 17.3. The van der Waals surface area contributed by atoms with Gasteiger partial charge >= 0.3 is 5.97 Å². The number of likely N-dealkylation sites (tertiary alicyclic amines) is 1. The molecular formula is C25H34F5NO7. The van der Waals surface area contributed by atoms with Crippen molar-refractivity contribution >= 4 is 11.9 Å². The lowest BCUT2D eigenvalue weighted by molar-refractivity contribution is -0.136. The lowest BCUT2D eigenvalue weighted by Gasteiger charge is -2.31. The maximum absolute atomic E-state index is 13.5. The first-order valence-electron chi connectivity index (χ1n) is 12.6. The molecule has 1 heterocycles. The molecule has 1 aliphatic rings. The van der Waals surface area contributed by atoms with Gasteiger partial charge in [-0.15, -0.1) is 0 Å². The van der Waals surface area contributed by atoms with Crippen LogP contribution in [-0.4, -0.2) is 82.7 Å². The van der Waals surface area contributed by atoms with Crippen LogP contribution in [0.2, 0.25) is 0 Å². The third-order valence-electron chi connectivity index (χ3n) is 5.96. The van der Waals surface area contributed by atoms with Crippen molar-refractivity contribution in [3.63, 3.8) is 0 Å². The number of halogens is 5. The van der Waals surface area contributed by atoms with Crippen molar-refractivity contribution in [2.24, 2.45) is 5.92 Å². The van der Waals surface area contributed by atoms with Gasteiger partial charge in [-0.05, 0) is 18.8 Å². The van der Waals surface area contributed by atoms with Crippen LogP contribution in [0, 0.1) is 35.0 Å². The van der Waals surface area contributed by atoms with Gasteiger partial charge in [-0.25, -0.2) is 13.2 Å². The summed E-state index contributed by atoms with van der Waals surface area (Å²) >= 11 is 0. The van der Waals surface area contributed by atoms with Gasteiger partial charge in [-0.2, -0.15) is 8.78 Å². The summed E-state index contributed by atoms with van der Waals surface area (Å²) in [6.07, 6.45) is 3.17. The predicted octanol–water partition coefficient (Wildman–Crippen LogP) is 3.78. The summed E-state index contributed by atoms with van der Waals surface area (Å²) < 4.78 is 91.6. The van der Waals surface area contributed by atoms with E-state index in [0.717, 1.165) is 38.3 Å². The summed E-state index contributed by atoms with van der Waals surface area (Å²) in [4.78, 5) is 25.7. The van der Waals surface area contributed by atoms with Crippen LogP contribution in [0.5, 0.6) is 5.75 Å². The van der Waals surface area contributed by atoms with Crippen molar-refractivity contribution < 1.29 is 55.2 Å². The number of ether oxygens (including phenoxy) is 5. The van der Waals surface area contributed by atoms with Crippen LogP contribution >= 0.6 is 0 Å². The Hall–Kier alpha value is -2.35. The summed E-state index contributed by atoms with van der Waals surface area (Å²) in [6.45, 7) is 5.50. The highest BCUT2D eigenvalue weighted by atomic mass is 19.2. The Morgan fingerprint density at radius 3 is 1.58 bits per heavy atom. The topological polar surface area (TPSA) is 83.5 Å². The van der Waals surface area contributed by atoms with Crippen LogP contribution < -0.4 is 4.74 Å². The maximum Gasteiger partial charge on any atom is 0.313 e. The number of benzene rings is 1. The van der Waals surface area contributed by atoms with Crippen LogP contribution in [0.3, 0.4) is 0 Å². The molecule has 8 nitrogen and oxygen atoms in total. The number of esters is 1. The minimum Gasteiger partial charge on any atom is -0.420 e. The van der Waals surface area contributed by atoms with Gasteiger partial charge in [-0.1, -0.05) is 13.3 Å². The molecule has 1 aromatic rings. The van der Waals surface area contributed by atoms with Crippen molar-refractivity contribution in [2.75, 3.05) is 65.9 Å². The second-order valence-electron chi connectivity index (χ2n) is 8.56. The molecule has 1 aliphatic heterocycles. The van der Waals surface area contributed by atoms with E-state index in [4.69, 9.17) is 18.9 Å². The fraction of sp³-hybridized carbons (Fsp3) is 0.680. The summed E-state index contributed by atoms with van der Waals surface area (Å²) in [7, 11) is 0. The van der Waals surface area contributed by atoms with Crippen LogP contribution in [0.25, 0.3) is 0 Å². The molecule has 1 amide bonds. The molecule has 0 saturated carbocycles. The SMILES string of the molecule is CCC1CCN(C(=O)CCOCCOCCOCCOCCC(=O)Oc2c(F)c(F)c(F)c(F)c2F)CC1. The first kappa shape index (κ1) is 31.9. The highest BCUT2D eigenvalue weighted by molar-refractivity contribution is 5.76. The van der Waals surface area contributed by atoms with E-state index in [0.29, 0.717) is 32.8 Å². The van der Waals surface area contributed by atoms with Gasteiger partial charge in [0.2, 0.25) is 40.7 Å². The van der Waals surface area contributed by atoms with Crippen molar-refractivity contribution in [1.82, 2.24) is 4.90 Å². The molecule has 1 fully saturated rings. The van der Waals surface area contributed by atoms with E-state index < -0.39 is 47.2 Å². The van der Waals surface area contributed by atoms with Crippen LogP contribution in [0.15, 0.2) is 0 Å². The molecule has 2 rings (SSSR count). The standard InChI is InChI=1S/C25H34F5NO7/c1-2-17-3-7-31(8-4-17)18(32)5-9-34-11-13-36-15-16-37-14-12-35-10-6-19(33)38-25-23(29)21(27)20(26)22(28)24(25)30/h17H,2-16H2,1H3. The fourth-order valence-corrected chi connectivity index (χ4v) is 3.66. The van der Waals surface area contributed by atoms with E-state index in [9.17, 15) is 31.5 Å². The Balaban J connectivity index is 1.40. The molecule has 216 valence electrons. The van der Waals surface area contributed by atoms with E-state index in [1.165, 1.54) is 0 Å². The van der Waals surface area contributed by atoms with E-state index in [1.807, 2.05) is 4.90 Å². The first-order chi connectivity index (χ1) is 18.3. The lowest BCUT2D eigenvalue weighted by Crippen LogP contribution is -2.38. The Morgan fingerprint density at radius 2 is 1.11 bits per heavy atom. The third kappa shape index (κ3) is 10.4.